The first kappa shape index (κ1) is 19.3. The molecule has 24 heavy (non-hydrogen) atoms. The molecule has 0 spiro atoms. The van der Waals surface area contributed by atoms with Crippen LogP contribution in [0, 0.1) is 0 Å². The van der Waals surface area contributed by atoms with Crippen molar-refractivity contribution in [3.05, 3.63) is 53.9 Å². The number of likely N-dealkylation sites (N-methyl/N-ethyl adjacent to an activating group) is 1. The number of carboxylic acids is 2. The SMILES string of the molecule is CNCCO[C@H](c1ccccc1)c1ccnn1C.O=C(O)C(=O)O. The minimum Gasteiger partial charge on any atom is -0.473 e. The zero-order valence-corrected chi connectivity index (χ0v) is 13.5. The molecular weight excluding hydrogens is 314 g/mol. The van der Waals surface area contributed by atoms with Crippen LogP contribution in [-0.2, 0) is 21.4 Å². The van der Waals surface area contributed by atoms with Crippen LogP contribution in [0.3, 0.4) is 0 Å². The summed E-state index contributed by atoms with van der Waals surface area (Å²) >= 11 is 0. The molecule has 0 aliphatic heterocycles. The highest BCUT2D eigenvalue weighted by Gasteiger charge is 2.17. The first-order valence-corrected chi connectivity index (χ1v) is 7.22. The summed E-state index contributed by atoms with van der Waals surface area (Å²) in [4.78, 5) is 18.2. The number of aryl methyl sites for hydroxylation is 1. The molecule has 0 amide bonds. The Bertz CT molecular complexity index is 630. The van der Waals surface area contributed by atoms with E-state index >= 15 is 0 Å². The van der Waals surface area contributed by atoms with E-state index in [0.717, 1.165) is 17.8 Å². The van der Waals surface area contributed by atoms with E-state index in [1.165, 1.54) is 0 Å². The van der Waals surface area contributed by atoms with Gasteiger partial charge in [-0.1, -0.05) is 30.3 Å². The molecule has 2 rings (SSSR count). The lowest BCUT2D eigenvalue weighted by atomic mass is 10.1. The number of hydrogen-bond acceptors (Lipinski definition) is 5. The molecule has 1 heterocycles. The van der Waals surface area contributed by atoms with Gasteiger partial charge >= 0.3 is 11.9 Å². The lowest BCUT2D eigenvalue weighted by molar-refractivity contribution is -0.159. The maximum absolute atomic E-state index is 9.10. The number of rotatable bonds is 6. The molecule has 0 bridgehead atoms. The lowest BCUT2D eigenvalue weighted by Crippen LogP contribution is -2.18. The number of carboxylic acid groups (broad SMARTS) is 2. The fourth-order valence-corrected chi connectivity index (χ4v) is 1.90. The quantitative estimate of drug-likeness (QED) is 0.531. The summed E-state index contributed by atoms with van der Waals surface area (Å²) in [6.45, 7) is 1.50. The summed E-state index contributed by atoms with van der Waals surface area (Å²) in [5.41, 5.74) is 2.22. The summed E-state index contributed by atoms with van der Waals surface area (Å²) in [6.07, 6.45) is 1.74. The monoisotopic (exact) mass is 335 g/mol. The van der Waals surface area contributed by atoms with Gasteiger partial charge in [0, 0.05) is 19.8 Å². The Morgan fingerprint density at radius 1 is 1.21 bits per heavy atom. The minimum absolute atomic E-state index is 0.0629. The summed E-state index contributed by atoms with van der Waals surface area (Å²) in [5.74, 6) is -3.65. The van der Waals surface area contributed by atoms with E-state index in [-0.39, 0.29) is 6.10 Å². The van der Waals surface area contributed by atoms with E-state index in [9.17, 15) is 0 Å². The zero-order chi connectivity index (χ0) is 17.9. The fraction of sp³-hybridized carbons (Fsp3) is 0.312. The summed E-state index contributed by atoms with van der Waals surface area (Å²) in [5, 5.41) is 22.1. The molecule has 1 atom stereocenters. The van der Waals surface area contributed by atoms with Crippen molar-refractivity contribution in [3.8, 4) is 0 Å². The first-order chi connectivity index (χ1) is 11.5. The Kier molecular flexibility index (Phi) is 8.17. The number of nitrogens with zero attached hydrogens (tertiary/aromatic N) is 2. The van der Waals surface area contributed by atoms with Gasteiger partial charge in [0.2, 0.25) is 0 Å². The number of hydrogen-bond donors (Lipinski definition) is 3. The zero-order valence-electron chi connectivity index (χ0n) is 13.5. The van der Waals surface area contributed by atoms with Crippen molar-refractivity contribution in [1.29, 1.82) is 0 Å². The highest BCUT2D eigenvalue weighted by Crippen LogP contribution is 2.24. The van der Waals surface area contributed by atoms with Gasteiger partial charge in [-0.25, -0.2) is 9.59 Å². The average molecular weight is 335 g/mol. The van der Waals surface area contributed by atoms with Crippen LogP contribution in [0.1, 0.15) is 17.4 Å². The van der Waals surface area contributed by atoms with Crippen molar-refractivity contribution in [2.75, 3.05) is 20.2 Å². The highest BCUT2D eigenvalue weighted by atomic mass is 16.5. The van der Waals surface area contributed by atoms with Gasteiger partial charge < -0.3 is 20.3 Å². The van der Waals surface area contributed by atoms with Crippen molar-refractivity contribution in [3.63, 3.8) is 0 Å². The third-order valence-electron chi connectivity index (χ3n) is 3.05. The van der Waals surface area contributed by atoms with Crippen LogP contribution in [0.2, 0.25) is 0 Å². The molecule has 130 valence electrons. The molecule has 8 heteroatoms. The number of ether oxygens (including phenoxy) is 1. The number of aliphatic carboxylic acids is 2. The van der Waals surface area contributed by atoms with E-state index in [1.54, 1.807) is 6.20 Å². The van der Waals surface area contributed by atoms with Gasteiger partial charge in [-0.15, -0.1) is 0 Å². The topological polar surface area (TPSA) is 114 Å². The van der Waals surface area contributed by atoms with E-state index < -0.39 is 11.9 Å². The van der Waals surface area contributed by atoms with Crippen molar-refractivity contribution in [1.82, 2.24) is 15.1 Å². The molecule has 0 fully saturated rings. The molecule has 0 aliphatic carbocycles. The molecule has 1 aromatic carbocycles. The molecule has 1 aromatic heterocycles. The van der Waals surface area contributed by atoms with Crippen LogP contribution in [0.4, 0.5) is 0 Å². The van der Waals surface area contributed by atoms with Gasteiger partial charge in [0.25, 0.3) is 0 Å². The van der Waals surface area contributed by atoms with Crippen LogP contribution in [-0.4, -0.2) is 52.1 Å². The Morgan fingerprint density at radius 3 is 2.29 bits per heavy atom. The molecule has 2 aromatic rings. The summed E-state index contributed by atoms with van der Waals surface area (Å²) in [7, 11) is 3.86. The van der Waals surface area contributed by atoms with Gasteiger partial charge in [0.15, 0.2) is 0 Å². The number of nitrogens with one attached hydrogen (secondary N) is 1. The largest absolute Gasteiger partial charge is 0.473 e. The normalized spacial score (nSPS) is 11.2. The Balaban J connectivity index is 0.000000413. The van der Waals surface area contributed by atoms with Gasteiger partial charge in [-0.05, 0) is 18.7 Å². The van der Waals surface area contributed by atoms with Crippen molar-refractivity contribution >= 4 is 11.9 Å². The molecule has 8 nitrogen and oxygen atoms in total. The smallest absolute Gasteiger partial charge is 0.414 e. The van der Waals surface area contributed by atoms with Gasteiger partial charge in [0.05, 0.1) is 12.3 Å². The van der Waals surface area contributed by atoms with E-state index in [0.29, 0.717) is 6.61 Å². The minimum atomic E-state index is -1.82. The molecule has 0 aliphatic rings. The Morgan fingerprint density at radius 2 is 1.83 bits per heavy atom. The third kappa shape index (κ3) is 6.19. The standard InChI is InChI=1S/C14H19N3O.C2H2O4/c1-15-10-11-18-14(12-6-4-3-5-7-12)13-8-9-16-17(13)2;3-1(4)2(5)6/h3-9,14-15H,10-11H2,1-2H3;(H,3,4)(H,5,6)/t14-;/m1./s1. The second-order valence-corrected chi connectivity index (χ2v) is 4.76. The van der Waals surface area contributed by atoms with Gasteiger partial charge in [0.1, 0.15) is 6.10 Å². The number of aromatic nitrogens is 2. The van der Waals surface area contributed by atoms with Crippen LogP contribution >= 0.6 is 0 Å². The first-order valence-electron chi connectivity index (χ1n) is 7.22. The molecule has 0 saturated carbocycles. The van der Waals surface area contributed by atoms with Gasteiger partial charge in [-0.3, -0.25) is 4.68 Å². The number of carbonyl (C=O) groups is 2. The predicted molar refractivity (Wildman–Crippen MR) is 86.6 cm³/mol. The second-order valence-electron chi connectivity index (χ2n) is 4.76. The Labute approximate surface area is 139 Å². The van der Waals surface area contributed by atoms with Crippen molar-refractivity contribution in [2.45, 2.75) is 6.10 Å². The van der Waals surface area contributed by atoms with Crippen LogP contribution in [0.15, 0.2) is 42.6 Å². The van der Waals surface area contributed by atoms with E-state index in [1.807, 2.05) is 43.0 Å². The molecule has 0 saturated heterocycles. The molecular formula is C16H21N3O5. The number of benzene rings is 1. The fourth-order valence-electron chi connectivity index (χ4n) is 1.90. The maximum Gasteiger partial charge on any atom is 0.414 e. The molecule has 0 radical (unpaired) electrons. The predicted octanol–water partition coefficient (Wildman–Crippen LogP) is 0.901. The van der Waals surface area contributed by atoms with Gasteiger partial charge in [-0.2, -0.15) is 5.10 Å². The van der Waals surface area contributed by atoms with E-state index in [2.05, 4.69) is 22.5 Å². The third-order valence-corrected chi connectivity index (χ3v) is 3.05. The molecule has 0 unspecified atom stereocenters. The Hall–Kier alpha value is -2.71. The van der Waals surface area contributed by atoms with Crippen LogP contribution in [0.25, 0.3) is 0 Å². The highest BCUT2D eigenvalue weighted by molar-refractivity contribution is 6.27. The average Bonchev–Trinajstić information content (AvgIpc) is 2.99. The summed E-state index contributed by atoms with van der Waals surface area (Å²) in [6, 6.07) is 12.2. The van der Waals surface area contributed by atoms with Crippen molar-refractivity contribution < 1.29 is 24.5 Å². The van der Waals surface area contributed by atoms with Crippen LogP contribution < -0.4 is 5.32 Å². The van der Waals surface area contributed by atoms with E-state index in [4.69, 9.17) is 24.5 Å². The summed E-state index contributed by atoms with van der Waals surface area (Å²) < 4.78 is 7.83. The van der Waals surface area contributed by atoms with Crippen LogP contribution in [0.5, 0.6) is 0 Å². The molecule has 3 N–H and O–H groups in total. The second kappa shape index (κ2) is 10.1. The maximum atomic E-state index is 9.10. The lowest BCUT2D eigenvalue weighted by Gasteiger charge is -2.18. The van der Waals surface area contributed by atoms with Crippen molar-refractivity contribution in [2.24, 2.45) is 7.05 Å².